The van der Waals surface area contributed by atoms with Crippen molar-refractivity contribution in [3.63, 3.8) is 0 Å². The van der Waals surface area contributed by atoms with E-state index in [4.69, 9.17) is 9.41 Å². The van der Waals surface area contributed by atoms with Crippen LogP contribution in [0.2, 0.25) is 5.04 Å². The van der Waals surface area contributed by atoms with Crippen LogP contribution in [-0.2, 0) is 17.5 Å². The molecule has 0 unspecified atom stereocenters. The van der Waals surface area contributed by atoms with E-state index in [1.165, 1.54) is 27.9 Å². The molecule has 2 nitrogen and oxygen atoms in total. The van der Waals surface area contributed by atoms with Gasteiger partial charge in [-0.15, -0.1) is 0 Å². The molecule has 0 aliphatic heterocycles. The average molecular weight is 568 g/mol. The molecule has 0 aliphatic rings. The van der Waals surface area contributed by atoms with Gasteiger partial charge in [0.05, 0.1) is 6.61 Å². The quantitative estimate of drug-likeness (QED) is 0.133. The first kappa shape index (κ1) is 30.9. The molecule has 0 amide bonds. The van der Waals surface area contributed by atoms with Gasteiger partial charge in [0.1, 0.15) is 5.82 Å². The fourth-order valence-corrected chi connectivity index (χ4v) is 10.7. The van der Waals surface area contributed by atoms with Crippen molar-refractivity contribution in [2.24, 2.45) is 0 Å². The summed E-state index contributed by atoms with van der Waals surface area (Å²) in [6.07, 6.45) is 4.38. The van der Waals surface area contributed by atoms with Gasteiger partial charge >= 0.3 is 0 Å². The van der Waals surface area contributed by atoms with Gasteiger partial charge in [-0.3, -0.25) is 4.98 Å². The van der Waals surface area contributed by atoms with Crippen molar-refractivity contribution in [1.29, 1.82) is 0 Å². The lowest BCUT2D eigenvalue weighted by molar-refractivity contribution is 0.284. The number of hydrogen-bond donors (Lipinski definition) is 0. The first-order chi connectivity index (χ1) is 19.6. The summed E-state index contributed by atoms with van der Waals surface area (Å²) in [5.41, 5.74) is 6.74. The summed E-state index contributed by atoms with van der Waals surface area (Å²) in [5.74, 6) is -0.00315. The molecule has 216 valence electrons. The van der Waals surface area contributed by atoms with Gasteiger partial charge in [-0.1, -0.05) is 127 Å². The van der Waals surface area contributed by atoms with E-state index in [-0.39, 0.29) is 16.8 Å². The summed E-state index contributed by atoms with van der Waals surface area (Å²) in [4.78, 5) is 5.22. The van der Waals surface area contributed by atoms with Gasteiger partial charge in [0, 0.05) is 17.0 Å². The number of aromatic nitrogens is 1. The topological polar surface area (TPSA) is 22.1 Å². The monoisotopic (exact) mass is 567 g/mol. The zero-order valence-corrected chi connectivity index (χ0v) is 26.9. The lowest BCUT2D eigenvalue weighted by Crippen LogP contribution is -2.66. The first-order valence-electron chi connectivity index (χ1n) is 15.1. The molecule has 0 saturated carbocycles. The van der Waals surface area contributed by atoms with E-state index < -0.39 is 8.32 Å². The molecular formula is C37H46FNOSi. The number of nitrogens with zero attached hydrogens (tertiary/aromatic N) is 1. The largest absolute Gasteiger partial charge is 0.403 e. The van der Waals surface area contributed by atoms with Crippen molar-refractivity contribution >= 4 is 18.7 Å². The van der Waals surface area contributed by atoms with Crippen molar-refractivity contribution in [3.05, 3.63) is 113 Å². The summed E-state index contributed by atoms with van der Waals surface area (Å²) >= 11 is 0. The van der Waals surface area contributed by atoms with Gasteiger partial charge in [0.2, 0.25) is 0 Å². The van der Waals surface area contributed by atoms with E-state index >= 15 is 0 Å². The summed E-state index contributed by atoms with van der Waals surface area (Å²) < 4.78 is 21.6. The maximum absolute atomic E-state index is 14.1. The molecule has 4 rings (SSSR count). The van der Waals surface area contributed by atoms with Crippen LogP contribution in [0.3, 0.4) is 0 Å². The van der Waals surface area contributed by atoms with Crippen LogP contribution >= 0.6 is 0 Å². The van der Waals surface area contributed by atoms with Crippen LogP contribution < -0.4 is 10.4 Å². The molecule has 4 aromatic rings. The normalized spacial score (nSPS) is 12.2. The second-order valence-electron chi connectivity index (χ2n) is 12.5. The predicted molar refractivity (Wildman–Crippen MR) is 174 cm³/mol. The number of hydrogen-bond acceptors (Lipinski definition) is 2. The van der Waals surface area contributed by atoms with Crippen molar-refractivity contribution in [2.45, 2.75) is 91.7 Å². The minimum Gasteiger partial charge on any atom is -0.403 e. The van der Waals surface area contributed by atoms with Crippen LogP contribution in [-0.4, -0.2) is 13.3 Å². The number of unbranched alkanes of at least 4 members (excludes halogenated alkanes) is 2. The number of halogens is 1. The SMILES string of the molecule is CCCCCc1c(C)nc(C(C)C)c(CO[Si](c2ccccc2)(c2ccccc2)C(C)(C)C)c1-c1ccc(F)cc1. The van der Waals surface area contributed by atoms with E-state index in [0.717, 1.165) is 41.8 Å². The fraction of sp³-hybridized carbons (Fsp3) is 0.378. The predicted octanol–water partition coefficient (Wildman–Crippen LogP) is 9.13. The van der Waals surface area contributed by atoms with Crippen LogP contribution in [0.25, 0.3) is 11.1 Å². The van der Waals surface area contributed by atoms with Crippen LogP contribution in [0, 0.1) is 12.7 Å². The summed E-state index contributed by atoms with van der Waals surface area (Å²) in [7, 11) is -2.77. The molecule has 3 aromatic carbocycles. The third-order valence-electron chi connectivity index (χ3n) is 8.20. The molecular weight excluding hydrogens is 521 g/mol. The highest BCUT2D eigenvalue weighted by atomic mass is 28.4. The van der Waals surface area contributed by atoms with Gasteiger partial charge < -0.3 is 4.43 Å². The Labute approximate surface area is 248 Å². The van der Waals surface area contributed by atoms with Crippen molar-refractivity contribution in [3.8, 4) is 11.1 Å². The molecule has 4 heteroatoms. The average Bonchev–Trinajstić information content (AvgIpc) is 2.95. The van der Waals surface area contributed by atoms with Gasteiger partial charge in [0.25, 0.3) is 8.32 Å². The third-order valence-corrected chi connectivity index (χ3v) is 13.2. The Hall–Kier alpha value is -3.08. The Bertz CT molecular complexity index is 1370. The Morgan fingerprint density at radius 3 is 1.85 bits per heavy atom. The molecule has 0 radical (unpaired) electrons. The molecule has 0 atom stereocenters. The summed E-state index contributed by atoms with van der Waals surface area (Å²) in [6, 6.07) is 28.6. The van der Waals surface area contributed by atoms with Gasteiger partial charge in [-0.2, -0.15) is 0 Å². The Kier molecular flexibility index (Phi) is 9.99. The molecule has 1 aromatic heterocycles. The highest BCUT2D eigenvalue weighted by molar-refractivity contribution is 6.99. The Morgan fingerprint density at radius 1 is 0.805 bits per heavy atom. The minimum absolute atomic E-state index is 0.133. The zero-order chi connectivity index (χ0) is 29.6. The van der Waals surface area contributed by atoms with Gasteiger partial charge in [-0.25, -0.2) is 4.39 Å². The van der Waals surface area contributed by atoms with E-state index in [0.29, 0.717) is 6.61 Å². The third kappa shape index (κ3) is 6.55. The number of rotatable bonds is 11. The maximum Gasteiger partial charge on any atom is 0.261 e. The highest BCUT2D eigenvalue weighted by Crippen LogP contribution is 2.40. The lowest BCUT2D eigenvalue weighted by atomic mass is 9.88. The van der Waals surface area contributed by atoms with Crippen LogP contribution in [0.1, 0.15) is 89.2 Å². The second kappa shape index (κ2) is 13.3. The lowest BCUT2D eigenvalue weighted by Gasteiger charge is -2.43. The Morgan fingerprint density at radius 2 is 1.37 bits per heavy atom. The summed E-state index contributed by atoms with van der Waals surface area (Å²) in [5, 5.41) is 2.39. The van der Waals surface area contributed by atoms with Gasteiger partial charge in [0.15, 0.2) is 0 Å². The molecule has 0 aliphatic carbocycles. The smallest absolute Gasteiger partial charge is 0.261 e. The molecule has 1 heterocycles. The molecule has 0 fully saturated rings. The summed E-state index contributed by atoms with van der Waals surface area (Å²) in [6.45, 7) is 16.2. The molecule has 0 N–H and O–H groups in total. The minimum atomic E-state index is -2.77. The number of pyridine rings is 1. The zero-order valence-electron chi connectivity index (χ0n) is 25.9. The second-order valence-corrected chi connectivity index (χ2v) is 16.8. The van der Waals surface area contributed by atoms with Gasteiger partial charge in [-0.05, 0) is 69.9 Å². The van der Waals surface area contributed by atoms with Crippen LogP contribution in [0.5, 0.6) is 0 Å². The van der Waals surface area contributed by atoms with Crippen molar-refractivity contribution in [2.75, 3.05) is 0 Å². The van der Waals surface area contributed by atoms with E-state index in [9.17, 15) is 4.39 Å². The van der Waals surface area contributed by atoms with Crippen molar-refractivity contribution in [1.82, 2.24) is 4.98 Å². The van der Waals surface area contributed by atoms with E-state index in [1.54, 1.807) is 12.1 Å². The van der Waals surface area contributed by atoms with Crippen molar-refractivity contribution < 1.29 is 8.82 Å². The Balaban J connectivity index is 1.96. The molecule has 0 saturated heterocycles. The van der Waals surface area contributed by atoms with E-state index in [2.05, 4.69) is 109 Å². The molecule has 0 spiro atoms. The number of aryl methyl sites for hydroxylation is 1. The fourth-order valence-electron chi connectivity index (χ4n) is 6.20. The van der Waals surface area contributed by atoms with Crippen LogP contribution in [0.4, 0.5) is 4.39 Å². The van der Waals surface area contributed by atoms with E-state index in [1.807, 2.05) is 12.1 Å². The highest BCUT2D eigenvalue weighted by Gasteiger charge is 2.50. The number of benzene rings is 3. The molecule has 0 bridgehead atoms. The maximum atomic E-state index is 14.1. The standard InChI is InChI=1S/C37H46FNOSi/c1-8-9-12-21-33-28(4)39-36(27(2)3)34(35(33)29-22-24-30(38)25-23-29)26-40-41(37(5,6)7,31-17-13-10-14-18-31)32-19-15-11-16-20-32/h10-11,13-20,22-25,27H,8-9,12,21,26H2,1-7H3. The van der Waals surface area contributed by atoms with Crippen LogP contribution in [0.15, 0.2) is 84.9 Å². The first-order valence-corrected chi connectivity index (χ1v) is 17.0. The molecule has 41 heavy (non-hydrogen) atoms.